The standard InChI is InChI=1S/C20H24N2O5S/c1-5-22(19-12-7-16(13-14(19)3)20(24)27-6-2)28(25,26)18-10-8-17(9-11-18)21-15(4)23/h7-13H,5-6H2,1-4H3,(H,21,23). The van der Waals surface area contributed by atoms with Gasteiger partial charge in [0.2, 0.25) is 5.91 Å². The third-order valence-electron chi connectivity index (χ3n) is 4.03. The number of rotatable bonds is 7. The molecule has 8 heteroatoms. The zero-order valence-electron chi connectivity index (χ0n) is 16.4. The van der Waals surface area contributed by atoms with Crippen molar-refractivity contribution in [1.29, 1.82) is 0 Å². The van der Waals surface area contributed by atoms with Crippen molar-refractivity contribution in [3.05, 3.63) is 53.6 Å². The van der Waals surface area contributed by atoms with Crippen LogP contribution >= 0.6 is 0 Å². The van der Waals surface area contributed by atoms with Crippen LogP contribution in [0, 0.1) is 6.92 Å². The van der Waals surface area contributed by atoms with Gasteiger partial charge < -0.3 is 10.1 Å². The maximum Gasteiger partial charge on any atom is 0.338 e. The maximum atomic E-state index is 13.1. The minimum absolute atomic E-state index is 0.109. The topological polar surface area (TPSA) is 92.8 Å². The van der Waals surface area contributed by atoms with Crippen LogP contribution in [0.1, 0.15) is 36.7 Å². The molecule has 0 heterocycles. The summed E-state index contributed by atoms with van der Waals surface area (Å²) in [6.07, 6.45) is 0. The average molecular weight is 404 g/mol. The van der Waals surface area contributed by atoms with Crippen molar-refractivity contribution >= 4 is 33.3 Å². The highest BCUT2D eigenvalue weighted by Gasteiger charge is 2.25. The third-order valence-corrected chi connectivity index (χ3v) is 5.93. The molecule has 0 radical (unpaired) electrons. The van der Waals surface area contributed by atoms with Crippen LogP contribution in [0.2, 0.25) is 0 Å². The molecule has 0 fully saturated rings. The number of aryl methyl sites for hydroxylation is 1. The van der Waals surface area contributed by atoms with Gasteiger partial charge in [-0.05, 0) is 68.8 Å². The maximum absolute atomic E-state index is 13.1. The van der Waals surface area contributed by atoms with E-state index in [-0.39, 0.29) is 24.0 Å². The van der Waals surface area contributed by atoms with Gasteiger partial charge >= 0.3 is 5.97 Å². The summed E-state index contributed by atoms with van der Waals surface area (Å²) in [6, 6.07) is 10.8. The molecule has 0 unspecified atom stereocenters. The largest absolute Gasteiger partial charge is 0.462 e. The molecule has 0 bridgehead atoms. The van der Waals surface area contributed by atoms with E-state index in [0.29, 0.717) is 22.5 Å². The Hall–Kier alpha value is -2.87. The van der Waals surface area contributed by atoms with Crippen LogP contribution in [0.5, 0.6) is 0 Å². The Bertz CT molecular complexity index is 969. The number of amides is 1. The zero-order chi connectivity index (χ0) is 20.9. The van der Waals surface area contributed by atoms with Crippen LogP contribution in [0.3, 0.4) is 0 Å². The Balaban J connectivity index is 2.38. The van der Waals surface area contributed by atoms with E-state index in [1.807, 2.05) is 0 Å². The number of carbonyl (C=O) groups is 2. The number of hydrogen-bond acceptors (Lipinski definition) is 5. The van der Waals surface area contributed by atoms with Gasteiger partial charge in [0.15, 0.2) is 0 Å². The van der Waals surface area contributed by atoms with E-state index in [1.165, 1.54) is 23.4 Å². The zero-order valence-corrected chi connectivity index (χ0v) is 17.2. The second-order valence-electron chi connectivity index (χ2n) is 6.10. The number of esters is 1. The van der Waals surface area contributed by atoms with Crippen molar-refractivity contribution in [2.45, 2.75) is 32.6 Å². The van der Waals surface area contributed by atoms with Crippen molar-refractivity contribution in [3.63, 3.8) is 0 Å². The molecule has 0 spiro atoms. The molecule has 0 aliphatic heterocycles. The smallest absolute Gasteiger partial charge is 0.338 e. The highest BCUT2D eigenvalue weighted by atomic mass is 32.2. The SMILES string of the molecule is CCOC(=O)c1ccc(N(CC)S(=O)(=O)c2ccc(NC(C)=O)cc2)c(C)c1. The Morgan fingerprint density at radius 2 is 1.71 bits per heavy atom. The van der Waals surface area contributed by atoms with E-state index in [0.717, 1.165) is 0 Å². The van der Waals surface area contributed by atoms with E-state index in [1.54, 1.807) is 51.1 Å². The quantitative estimate of drug-likeness (QED) is 0.715. The fourth-order valence-electron chi connectivity index (χ4n) is 2.79. The van der Waals surface area contributed by atoms with Crippen LogP contribution in [0.25, 0.3) is 0 Å². The molecule has 2 aromatic carbocycles. The van der Waals surface area contributed by atoms with Gasteiger partial charge in [0, 0.05) is 19.2 Å². The Morgan fingerprint density at radius 3 is 2.21 bits per heavy atom. The molecule has 0 atom stereocenters. The number of ether oxygens (including phenoxy) is 1. The third kappa shape index (κ3) is 4.69. The molecule has 150 valence electrons. The summed E-state index contributed by atoms with van der Waals surface area (Å²) in [5.74, 6) is -0.681. The number of sulfonamides is 1. The lowest BCUT2D eigenvalue weighted by Gasteiger charge is -2.25. The predicted molar refractivity (Wildman–Crippen MR) is 108 cm³/mol. The Kier molecular flexibility index (Phi) is 6.80. The number of anilines is 2. The van der Waals surface area contributed by atoms with Crippen molar-refractivity contribution in [1.82, 2.24) is 0 Å². The Labute approximate surface area is 165 Å². The second-order valence-corrected chi connectivity index (χ2v) is 7.96. The van der Waals surface area contributed by atoms with Gasteiger partial charge in [-0.3, -0.25) is 9.10 Å². The number of benzene rings is 2. The second kappa shape index (κ2) is 8.88. The van der Waals surface area contributed by atoms with E-state index < -0.39 is 16.0 Å². The molecule has 0 aromatic heterocycles. The lowest BCUT2D eigenvalue weighted by molar-refractivity contribution is -0.114. The first-order valence-corrected chi connectivity index (χ1v) is 10.3. The number of hydrogen-bond donors (Lipinski definition) is 1. The number of nitrogens with one attached hydrogen (secondary N) is 1. The summed E-state index contributed by atoms with van der Waals surface area (Å²) in [5, 5.41) is 2.60. The van der Waals surface area contributed by atoms with E-state index >= 15 is 0 Å². The molecular formula is C20H24N2O5S. The first kappa shape index (κ1) is 21.4. The molecule has 0 aliphatic rings. The fraction of sp³-hybridized carbons (Fsp3) is 0.300. The molecule has 2 rings (SSSR count). The van der Waals surface area contributed by atoms with Gasteiger partial charge in [0.05, 0.1) is 22.8 Å². The normalized spacial score (nSPS) is 11.0. The fourth-order valence-corrected chi connectivity index (χ4v) is 4.33. The molecule has 0 saturated carbocycles. The predicted octanol–water partition coefficient (Wildman–Crippen LogP) is 3.35. The minimum atomic E-state index is -3.81. The summed E-state index contributed by atoms with van der Waals surface area (Å²) in [5.41, 5.74) is 2.02. The summed E-state index contributed by atoms with van der Waals surface area (Å²) in [6.45, 7) is 7.07. The Morgan fingerprint density at radius 1 is 1.07 bits per heavy atom. The molecule has 0 aliphatic carbocycles. The van der Waals surface area contributed by atoms with Crippen LogP contribution in [0.4, 0.5) is 11.4 Å². The van der Waals surface area contributed by atoms with Gasteiger partial charge in [-0.25, -0.2) is 13.2 Å². The number of carbonyl (C=O) groups excluding carboxylic acids is 2. The van der Waals surface area contributed by atoms with Crippen LogP contribution in [-0.4, -0.2) is 33.4 Å². The molecule has 1 amide bonds. The molecule has 1 N–H and O–H groups in total. The lowest BCUT2D eigenvalue weighted by atomic mass is 10.1. The summed E-state index contributed by atoms with van der Waals surface area (Å²) in [7, 11) is -3.81. The number of nitrogens with zero attached hydrogens (tertiary/aromatic N) is 1. The minimum Gasteiger partial charge on any atom is -0.462 e. The highest BCUT2D eigenvalue weighted by molar-refractivity contribution is 7.92. The molecular weight excluding hydrogens is 380 g/mol. The van der Waals surface area contributed by atoms with Crippen molar-refractivity contribution in [3.8, 4) is 0 Å². The van der Waals surface area contributed by atoms with Crippen LogP contribution in [0.15, 0.2) is 47.4 Å². The molecule has 2 aromatic rings. The summed E-state index contributed by atoms with van der Waals surface area (Å²) < 4.78 is 32.5. The van der Waals surface area contributed by atoms with Gasteiger partial charge in [-0.2, -0.15) is 0 Å². The van der Waals surface area contributed by atoms with E-state index in [2.05, 4.69) is 5.32 Å². The monoisotopic (exact) mass is 404 g/mol. The summed E-state index contributed by atoms with van der Waals surface area (Å²) >= 11 is 0. The molecule has 0 saturated heterocycles. The van der Waals surface area contributed by atoms with E-state index in [9.17, 15) is 18.0 Å². The van der Waals surface area contributed by atoms with Crippen molar-refractivity contribution < 1.29 is 22.7 Å². The molecule has 7 nitrogen and oxygen atoms in total. The lowest BCUT2D eigenvalue weighted by Crippen LogP contribution is -2.31. The first-order chi connectivity index (χ1) is 13.2. The summed E-state index contributed by atoms with van der Waals surface area (Å²) in [4.78, 5) is 23.1. The van der Waals surface area contributed by atoms with Crippen LogP contribution in [-0.2, 0) is 19.6 Å². The van der Waals surface area contributed by atoms with E-state index in [4.69, 9.17) is 4.74 Å². The first-order valence-electron chi connectivity index (χ1n) is 8.88. The highest BCUT2D eigenvalue weighted by Crippen LogP contribution is 2.28. The van der Waals surface area contributed by atoms with Crippen molar-refractivity contribution in [2.24, 2.45) is 0 Å². The van der Waals surface area contributed by atoms with Gasteiger partial charge in [-0.1, -0.05) is 0 Å². The molecule has 28 heavy (non-hydrogen) atoms. The van der Waals surface area contributed by atoms with Gasteiger partial charge in [0.1, 0.15) is 0 Å². The van der Waals surface area contributed by atoms with Gasteiger partial charge in [0.25, 0.3) is 10.0 Å². The van der Waals surface area contributed by atoms with Gasteiger partial charge in [-0.15, -0.1) is 0 Å². The average Bonchev–Trinajstić information content (AvgIpc) is 2.63. The van der Waals surface area contributed by atoms with Crippen molar-refractivity contribution in [2.75, 3.05) is 22.8 Å². The van der Waals surface area contributed by atoms with Crippen LogP contribution < -0.4 is 9.62 Å².